The summed E-state index contributed by atoms with van der Waals surface area (Å²) in [6, 6.07) is 12.3. The van der Waals surface area contributed by atoms with E-state index in [1.165, 1.54) is 17.0 Å². The third-order valence-electron chi connectivity index (χ3n) is 4.10. The molecule has 0 bridgehead atoms. The Balaban J connectivity index is 2.18. The fourth-order valence-corrected chi connectivity index (χ4v) is 2.52. The fourth-order valence-electron chi connectivity index (χ4n) is 2.52. The van der Waals surface area contributed by atoms with E-state index in [0.717, 1.165) is 0 Å². The lowest BCUT2D eigenvalue weighted by Crippen LogP contribution is -2.29. The number of amides is 2. The van der Waals surface area contributed by atoms with Crippen LogP contribution in [0, 0.1) is 10.1 Å². The molecule has 1 N–H and O–H groups in total. The molecule has 27 heavy (non-hydrogen) atoms. The van der Waals surface area contributed by atoms with Crippen LogP contribution < -0.4 is 5.32 Å². The number of nitrogens with zero attached hydrogens (tertiary/aromatic N) is 2. The van der Waals surface area contributed by atoms with Gasteiger partial charge in [0.15, 0.2) is 0 Å². The van der Waals surface area contributed by atoms with Gasteiger partial charge in [0.05, 0.1) is 17.6 Å². The molecular weight excluding hydrogens is 350 g/mol. The molecule has 0 aliphatic heterocycles. The van der Waals surface area contributed by atoms with Gasteiger partial charge in [-0.15, -0.1) is 0 Å². The Kier molecular flexibility index (Phi) is 6.48. The highest BCUT2D eigenvalue weighted by atomic mass is 16.6. The lowest BCUT2D eigenvalue weighted by atomic mass is 10.1. The molecule has 0 radical (unpaired) electrons. The molecule has 0 fully saturated rings. The van der Waals surface area contributed by atoms with Gasteiger partial charge in [-0.3, -0.25) is 20.2 Å². The lowest BCUT2D eigenvalue weighted by Gasteiger charge is -2.25. The molecule has 142 valence electrons. The molecule has 8 nitrogen and oxygen atoms in total. The summed E-state index contributed by atoms with van der Waals surface area (Å²) in [6.07, 6.45) is -0.597. The van der Waals surface area contributed by atoms with Gasteiger partial charge >= 0.3 is 6.09 Å². The van der Waals surface area contributed by atoms with Gasteiger partial charge in [-0.1, -0.05) is 18.2 Å². The van der Waals surface area contributed by atoms with Crippen molar-refractivity contribution in [3.63, 3.8) is 0 Å². The topological polar surface area (TPSA) is 102 Å². The van der Waals surface area contributed by atoms with Crippen molar-refractivity contribution in [2.24, 2.45) is 0 Å². The predicted molar refractivity (Wildman–Crippen MR) is 101 cm³/mol. The maximum atomic E-state index is 12.8. The average molecular weight is 371 g/mol. The van der Waals surface area contributed by atoms with E-state index in [1.54, 1.807) is 57.3 Å². The molecule has 8 heteroatoms. The van der Waals surface area contributed by atoms with Crippen LogP contribution in [-0.2, 0) is 4.74 Å². The zero-order valence-electron chi connectivity index (χ0n) is 15.3. The Bertz CT molecular complexity index is 853. The third-order valence-corrected chi connectivity index (χ3v) is 4.10. The number of carbonyl (C=O) groups excluding carboxylic acids is 2. The van der Waals surface area contributed by atoms with E-state index < -0.39 is 11.0 Å². The van der Waals surface area contributed by atoms with Crippen molar-refractivity contribution in [1.29, 1.82) is 0 Å². The van der Waals surface area contributed by atoms with Crippen LogP contribution in [0.25, 0.3) is 0 Å². The van der Waals surface area contributed by atoms with Gasteiger partial charge in [0.25, 0.3) is 11.6 Å². The summed E-state index contributed by atoms with van der Waals surface area (Å²) in [7, 11) is 1.62. The minimum absolute atomic E-state index is 0.0270. The van der Waals surface area contributed by atoms with Crippen LogP contribution in [0.3, 0.4) is 0 Å². The molecular formula is C19H21N3O5. The minimum Gasteiger partial charge on any atom is -0.450 e. The third kappa shape index (κ3) is 5.04. The highest BCUT2D eigenvalue weighted by molar-refractivity contribution is 5.96. The van der Waals surface area contributed by atoms with Crippen molar-refractivity contribution < 1.29 is 19.2 Å². The smallest absolute Gasteiger partial charge is 0.411 e. The second-order valence-electron chi connectivity index (χ2n) is 5.87. The van der Waals surface area contributed by atoms with E-state index in [1.807, 2.05) is 0 Å². The maximum Gasteiger partial charge on any atom is 0.411 e. The molecule has 0 aromatic heterocycles. The van der Waals surface area contributed by atoms with Gasteiger partial charge in [0.2, 0.25) is 0 Å². The molecule has 0 saturated carbocycles. The lowest BCUT2D eigenvalue weighted by molar-refractivity contribution is -0.384. The van der Waals surface area contributed by atoms with Gasteiger partial charge in [-0.05, 0) is 37.6 Å². The van der Waals surface area contributed by atoms with Crippen LogP contribution in [-0.4, -0.2) is 35.5 Å². The molecule has 0 aliphatic rings. The summed E-state index contributed by atoms with van der Waals surface area (Å²) < 4.78 is 4.82. The number of nitro benzene ring substituents is 1. The predicted octanol–water partition coefficient (Wildman–Crippen LogP) is 4.00. The zero-order chi connectivity index (χ0) is 20.0. The number of rotatable bonds is 6. The number of anilines is 1. The first kappa shape index (κ1) is 19.9. The van der Waals surface area contributed by atoms with E-state index >= 15 is 0 Å². The van der Waals surface area contributed by atoms with Crippen LogP contribution in [0.5, 0.6) is 0 Å². The summed E-state index contributed by atoms with van der Waals surface area (Å²) in [5.41, 5.74) is 1.45. The molecule has 2 aromatic carbocycles. The van der Waals surface area contributed by atoms with E-state index in [0.29, 0.717) is 16.8 Å². The first-order chi connectivity index (χ1) is 12.8. The van der Waals surface area contributed by atoms with Crippen molar-refractivity contribution in [3.8, 4) is 0 Å². The van der Waals surface area contributed by atoms with E-state index in [4.69, 9.17) is 4.74 Å². The standard InChI is InChI=1S/C19H21N3O5/c1-4-27-19(24)20-16-9-5-8-15(11-16)18(23)21(3)13(2)14-7-6-10-17(12-14)22(25)26/h5-13H,4H2,1-3H3,(H,20,24)/t13-/m0/s1. The summed E-state index contributed by atoms with van der Waals surface area (Å²) in [5.74, 6) is -0.276. The molecule has 0 spiro atoms. The van der Waals surface area contributed by atoms with Gasteiger partial charge in [0.1, 0.15) is 0 Å². The largest absolute Gasteiger partial charge is 0.450 e. The van der Waals surface area contributed by atoms with Crippen LogP contribution in [0.4, 0.5) is 16.2 Å². The minimum atomic E-state index is -0.597. The van der Waals surface area contributed by atoms with E-state index in [9.17, 15) is 19.7 Å². The highest BCUT2D eigenvalue weighted by Gasteiger charge is 2.21. The summed E-state index contributed by atoms with van der Waals surface area (Å²) in [6.45, 7) is 3.73. The summed E-state index contributed by atoms with van der Waals surface area (Å²) in [5, 5.41) is 13.5. The fraction of sp³-hybridized carbons (Fsp3) is 0.263. The Labute approximate surface area is 156 Å². The van der Waals surface area contributed by atoms with Gasteiger partial charge in [-0.2, -0.15) is 0 Å². The normalized spacial score (nSPS) is 11.4. The van der Waals surface area contributed by atoms with Crippen molar-refractivity contribution in [1.82, 2.24) is 4.90 Å². The first-order valence-electron chi connectivity index (χ1n) is 8.38. The average Bonchev–Trinajstić information content (AvgIpc) is 2.66. The van der Waals surface area contributed by atoms with Crippen LogP contribution in [0.2, 0.25) is 0 Å². The van der Waals surface area contributed by atoms with E-state index in [-0.39, 0.29) is 24.2 Å². The molecule has 0 heterocycles. The molecule has 2 amide bonds. The number of carbonyl (C=O) groups is 2. The van der Waals surface area contributed by atoms with Gasteiger partial charge in [-0.25, -0.2) is 4.79 Å². The van der Waals surface area contributed by atoms with Crippen molar-refractivity contribution >= 4 is 23.4 Å². The number of nitrogens with one attached hydrogen (secondary N) is 1. The Morgan fingerprint density at radius 2 is 1.93 bits per heavy atom. The second kappa shape index (κ2) is 8.79. The number of hydrogen-bond donors (Lipinski definition) is 1. The van der Waals surface area contributed by atoms with Crippen LogP contribution in [0.1, 0.15) is 35.8 Å². The maximum absolute atomic E-state index is 12.8. The second-order valence-corrected chi connectivity index (χ2v) is 5.87. The number of nitro groups is 1. The molecule has 0 saturated heterocycles. The monoisotopic (exact) mass is 371 g/mol. The van der Waals surface area contributed by atoms with Crippen molar-refractivity contribution in [2.75, 3.05) is 19.0 Å². The molecule has 2 rings (SSSR count). The Hall–Kier alpha value is -3.42. The zero-order valence-corrected chi connectivity index (χ0v) is 15.3. The molecule has 2 aromatic rings. The van der Waals surface area contributed by atoms with E-state index in [2.05, 4.69) is 5.32 Å². The Morgan fingerprint density at radius 1 is 1.22 bits per heavy atom. The van der Waals surface area contributed by atoms with Gasteiger partial charge < -0.3 is 9.64 Å². The first-order valence-corrected chi connectivity index (χ1v) is 8.38. The number of ether oxygens (including phenoxy) is 1. The van der Waals surface area contributed by atoms with Crippen molar-refractivity contribution in [3.05, 3.63) is 69.8 Å². The number of hydrogen-bond acceptors (Lipinski definition) is 5. The molecule has 0 unspecified atom stereocenters. The quantitative estimate of drug-likeness (QED) is 0.611. The van der Waals surface area contributed by atoms with Crippen LogP contribution >= 0.6 is 0 Å². The SMILES string of the molecule is CCOC(=O)Nc1cccc(C(=O)N(C)[C@@H](C)c2cccc([N+](=O)[O-])c2)c1. The molecule has 0 aliphatic carbocycles. The van der Waals surface area contributed by atoms with Crippen molar-refractivity contribution in [2.45, 2.75) is 19.9 Å². The number of non-ortho nitro benzene ring substituents is 1. The summed E-state index contributed by atoms with van der Waals surface area (Å²) in [4.78, 5) is 36.3. The highest BCUT2D eigenvalue weighted by Crippen LogP contribution is 2.24. The van der Waals surface area contributed by atoms with Gasteiger partial charge in [0, 0.05) is 30.4 Å². The summed E-state index contributed by atoms with van der Waals surface area (Å²) >= 11 is 0. The number of benzene rings is 2. The Morgan fingerprint density at radius 3 is 2.59 bits per heavy atom. The molecule has 1 atom stereocenters. The van der Waals surface area contributed by atoms with Crippen LogP contribution in [0.15, 0.2) is 48.5 Å².